The van der Waals surface area contributed by atoms with Crippen molar-refractivity contribution in [2.45, 2.75) is 25.4 Å². The molecule has 3 rings (SSSR count). The van der Waals surface area contributed by atoms with Gasteiger partial charge in [0.2, 0.25) is 5.91 Å². The molecule has 2 heterocycles. The maximum absolute atomic E-state index is 13.6. The second kappa shape index (κ2) is 6.24. The molecule has 1 aromatic carbocycles. The number of amides is 1. The Bertz CT molecular complexity index is 741. The van der Waals surface area contributed by atoms with Crippen molar-refractivity contribution in [3.05, 3.63) is 59.7 Å². The molecule has 0 radical (unpaired) electrons. The Kier molecular flexibility index (Phi) is 4.14. The van der Waals surface area contributed by atoms with Crippen LogP contribution in [0.15, 0.2) is 42.6 Å². The first kappa shape index (κ1) is 15.3. The first-order valence-corrected chi connectivity index (χ1v) is 7.48. The van der Waals surface area contributed by atoms with E-state index in [9.17, 15) is 14.0 Å². The van der Waals surface area contributed by atoms with Crippen LogP contribution in [0.5, 0.6) is 0 Å². The van der Waals surface area contributed by atoms with Gasteiger partial charge in [0.25, 0.3) is 0 Å². The summed E-state index contributed by atoms with van der Waals surface area (Å²) in [5.74, 6) is -1.58. The van der Waals surface area contributed by atoms with Crippen molar-refractivity contribution in [2.75, 3.05) is 6.54 Å². The maximum Gasteiger partial charge on any atom is 0.303 e. The van der Waals surface area contributed by atoms with Crippen molar-refractivity contribution in [1.29, 1.82) is 0 Å². The molecule has 0 saturated heterocycles. The number of hydrogen-bond donors (Lipinski definition) is 1. The first-order valence-electron chi connectivity index (χ1n) is 7.48. The third-order valence-corrected chi connectivity index (χ3v) is 4.08. The van der Waals surface area contributed by atoms with E-state index in [2.05, 4.69) is 0 Å². The molecule has 0 spiro atoms. The number of fused-ring (bicyclic) bond motifs is 1. The van der Waals surface area contributed by atoms with Gasteiger partial charge >= 0.3 is 5.97 Å². The maximum atomic E-state index is 13.6. The van der Waals surface area contributed by atoms with Crippen molar-refractivity contribution < 1.29 is 19.1 Å². The number of carboxylic acids is 1. The van der Waals surface area contributed by atoms with Crippen LogP contribution in [-0.4, -0.2) is 33.0 Å². The zero-order valence-corrected chi connectivity index (χ0v) is 12.5. The average molecular weight is 316 g/mol. The molecule has 0 unspecified atom stereocenters. The average Bonchev–Trinajstić information content (AvgIpc) is 3.00. The van der Waals surface area contributed by atoms with Gasteiger partial charge in [-0.15, -0.1) is 0 Å². The van der Waals surface area contributed by atoms with Crippen molar-refractivity contribution >= 4 is 11.9 Å². The summed E-state index contributed by atoms with van der Waals surface area (Å²) >= 11 is 0. The quantitative estimate of drug-likeness (QED) is 0.942. The van der Waals surface area contributed by atoms with Crippen LogP contribution < -0.4 is 0 Å². The number of rotatable bonds is 4. The molecule has 1 aromatic heterocycles. The summed E-state index contributed by atoms with van der Waals surface area (Å²) in [7, 11) is 0. The Morgan fingerprint density at radius 2 is 2.00 bits per heavy atom. The third-order valence-electron chi connectivity index (χ3n) is 4.08. The zero-order valence-electron chi connectivity index (χ0n) is 12.5. The number of nitrogens with zero attached hydrogens (tertiary/aromatic N) is 2. The highest BCUT2D eigenvalue weighted by molar-refractivity contribution is 5.81. The highest BCUT2D eigenvalue weighted by Crippen LogP contribution is 2.33. The van der Waals surface area contributed by atoms with E-state index in [-0.39, 0.29) is 24.6 Å². The highest BCUT2D eigenvalue weighted by Gasteiger charge is 2.32. The molecule has 0 saturated carbocycles. The van der Waals surface area contributed by atoms with Gasteiger partial charge < -0.3 is 14.6 Å². The minimum atomic E-state index is -0.999. The van der Waals surface area contributed by atoms with Crippen LogP contribution in [0.4, 0.5) is 4.39 Å². The summed E-state index contributed by atoms with van der Waals surface area (Å²) in [6.45, 7) is 1.12. The lowest BCUT2D eigenvalue weighted by Gasteiger charge is -2.37. The van der Waals surface area contributed by atoms with E-state index in [1.54, 1.807) is 17.0 Å². The van der Waals surface area contributed by atoms with Crippen molar-refractivity contribution in [3.63, 3.8) is 0 Å². The van der Waals surface area contributed by atoms with E-state index in [1.807, 2.05) is 22.9 Å². The fourth-order valence-corrected chi connectivity index (χ4v) is 3.04. The lowest BCUT2D eigenvalue weighted by Crippen LogP contribution is -2.42. The SMILES string of the molecule is O=C(O)CCC(=O)N1CCn2cccc2[C@H]1c1cccc(F)c1. The molecular formula is C17H17FN2O3. The van der Waals surface area contributed by atoms with Gasteiger partial charge in [0.05, 0.1) is 12.5 Å². The van der Waals surface area contributed by atoms with Gasteiger partial charge in [0.1, 0.15) is 5.82 Å². The summed E-state index contributed by atoms with van der Waals surface area (Å²) in [5, 5.41) is 8.78. The highest BCUT2D eigenvalue weighted by atomic mass is 19.1. The van der Waals surface area contributed by atoms with Gasteiger partial charge in [-0.1, -0.05) is 12.1 Å². The summed E-state index contributed by atoms with van der Waals surface area (Å²) in [5.41, 5.74) is 1.60. The molecule has 0 bridgehead atoms. The van der Waals surface area contributed by atoms with Gasteiger partial charge in [-0.25, -0.2) is 4.39 Å². The summed E-state index contributed by atoms with van der Waals surface area (Å²) in [6.07, 6.45) is 1.68. The molecule has 2 aromatic rings. The standard InChI is InChI=1S/C17H17FN2O3/c18-13-4-1-3-12(11-13)17-14-5-2-8-19(14)9-10-20(17)15(21)6-7-16(22)23/h1-5,8,11,17H,6-7,9-10H2,(H,22,23)/t17-/m1/s1. The van der Waals surface area contributed by atoms with Crippen molar-refractivity contribution in [2.24, 2.45) is 0 Å². The van der Waals surface area contributed by atoms with Crippen LogP contribution >= 0.6 is 0 Å². The van der Waals surface area contributed by atoms with Crippen LogP contribution in [-0.2, 0) is 16.1 Å². The van der Waals surface area contributed by atoms with Crippen molar-refractivity contribution in [3.8, 4) is 0 Å². The molecule has 1 atom stereocenters. The van der Waals surface area contributed by atoms with E-state index in [4.69, 9.17) is 5.11 Å². The molecule has 0 aliphatic carbocycles. The first-order chi connectivity index (χ1) is 11.1. The predicted molar refractivity (Wildman–Crippen MR) is 81.3 cm³/mol. The molecule has 1 aliphatic heterocycles. The number of benzene rings is 1. The van der Waals surface area contributed by atoms with Crippen molar-refractivity contribution in [1.82, 2.24) is 9.47 Å². The number of aliphatic carboxylic acids is 1. The van der Waals surface area contributed by atoms with Gasteiger partial charge in [-0.3, -0.25) is 9.59 Å². The summed E-state index contributed by atoms with van der Waals surface area (Å²) < 4.78 is 15.7. The molecule has 0 fully saturated rings. The van der Waals surface area contributed by atoms with Gasteiger partial charge in [-0.2, -0.15) is 0 Å². The van der Waals surface area contributed by atoms with Crippen LogP contribution in [0.3, 0.4) is 0 Å². The normalized spacial score (nSPS) is 16.9. The lowest BCUT2D eigenvalue weighted by atomic mass is 9.99. The number of hydrogen-bond acceptors (Lipinski definition) is 2. The van der Waals surface area contributed by atoms with E-state index in [0.29, 0.717) is 18.7 Å². The Morgan fingerprint density at radius 3 is 2.74 bits per heavy atom. The molecule has 120 valence electrons. The van der Waals surface area contributed by atoms with Gasteiger partial charge in [0.15, 0.2) is 0 Å². The molecule has 1 aliphatic rings. The Labute approximate surface area is 132 Å². The van der Waals surface area contributed by atoms with Crippen LogP contribution in [0.2, 0.25) is 0 Å². The second-order valence-electron chi connectivity index (χ2n) is 5.56. The minimum Gasteiger partial charge on any atom is -0.481 e. The number of carbonyl (C=O) groups excluding carboxylic acids is 1. The van der Waals surface area contributed by atoms with Crippen LogP contribution in [0.25, 0.3) is 0 Å². The number of carboxylic acid groups (broad SMARTS) is 1. The van der Waals surface area contributed by atoms with Crippen LogP contribution in [0.1, 0.15) is 30.1 Å². The fraction of sp³-hybridized carbons (Fsp3) is 0.294. The third kappa shape index (κ3) is 3.11. The Morgan fingerprint density at radius 1 is 1.17 bits per heavy atom. The number of halogens is 1. The van der Waals surface area contributed by atoms with Gasteiger partial charge in [-0.05, 0) is 29.8 Å². The zero-order chi connectivity index (χ0) is 16.4. The molecule has 5 nitrogen and oxygen atoms in total. The van der Waals surface area contributed by atoms with Gasteiger partial charge in [0, 0.05) is 31.4 Å². The molecule has 1 N–H and O–H groups in total. The van der Waals surface area contributed by atoms with E-state index < -0.39 is 12.0 Å². The van der Waals surface area contributed by atoms with Crippen LogP contribution in [0, 0.1) is 5.82 Å². The number of carbonyl (C=O) groups is 2. The predicted octanol–water partition coefficient (Wildman–Crippen LogP) is 2.42. The topological polar surface area (TPSA) is 62.5 Å². The van der Waals surface area contributed by atoms with E-state index >= 15 is 0 Å². The molecule has 1 amide bonds. The molecular weight excluding hydrogens is 299 g/mol. The molecule has 23 heavy (non-hydrogen) atoms. The Hall–Kier alpha value is -2.63. The molecule has 6 heteroatoms. The number of aromatic nitrogens is 1. The monoisotopic (exact) mass is 316 g/mol. The second-order valence-corrected chi connectivity index (χ2v) is 5.56. The van der Waals surface area contributed by atoms with E-state index in [1.165, 1.54) is 12.1 Å². The smallest absolute Gasteiger partial charge is 0.303 e. The largest absolute Gasteiger partial charge is 0.481 e. The van der Waals surface area contributed by atoms with E-state index in [0.717, 1.165) is 5.69 Å². The Balaban J connectivity index is 1.95. The lowest BCUT2D eigenvalue weighted by molar-refractivity contribution is -0.141. The minimum absolute atomic E-state index is 0.0537. The summed E-state index contributed by atoms with van der Waals surface area (Å²) in [6, 6.07) is 9.60. The fourth-order valence-electron chi connectivity index (χ4n) is 3.04. The summed E-state index contributed by atoms with van der Waals surface area (Å²) in [4.78, 5) is 24.8.